The van der Waals surface area contributed by atoms with Gasteiger partial charge in [0.2, 0.25) is 0 Å². The third-order valence-corrected chi connectivity index (χ3v) is 4.15. The van der Waals surface area contributed by atoms with Gasteiger partial charge >= 0.3 is 0 Å². The monoisotopic (exact) mass is 289 g/mol. The lowest BCUT2D eigenvalue weighted by atomic mass is 9.89. The molecule has 1 aromatic rings. The average molecular weight is 290 g/mol. The molecule has 1 nitrogen and oxygen atoms in total. The molecule has 1 aliphatic rings. The van der Waals surface area contributed by atoms with Gasteiger partial charge in [0, 0.05) is 11.9 Å². The molecule has 2 unspecified atom stereocenters. The summed E-state index contributed by atoms with van der Waals surface area (Å²) in [4.78, 5) is 0. The molecule has 0 saturated heterocycles. The molecule has 0 spiro atoms. The van der Waals surface area contributed by atoms with E-state index in [0.717, 1.165) is 31.5 Å². The van der Waals surface area contributed by atoms with Crippen LogP contribution in [0.25, 0.3) is 0 Å². The Morgan fingerprint density at radius 1 is 1.33 bits per heavy atom. The van der Waals surface area contributed by atoms with Crippen molar-refractivity contribution in [2.45, 2.75) is 37.6 Å². The summed E-state index contributed by atoms with van der Waals surface area (Å²) in [6.07, 6.45) is 4.72. The minimum absolute atomic E-state index is 0.188. The third kappa shape index (κ3) is 4.11. The van der Waals surface area contributed by atoms with Crippen LogP contribution in [0.1, 0.15) is 31.2 Å². The highest BCUT2D eigenvalue weighted by atomic mass is 35.5. The number of benzene rings is 1. The van der Waals surface area contributed by atoms with Gasteiger partial charge in [-0.25, -0.2) is 4.39 Å². The first-order chi connectivity index (χ1) is 8.65. The number of alkyl halides is 1. The average Bonchev–Trinajstić information content (AvgIpc) is 2.34. The smallest absolute Gasteiger partial charge is 0.141 e. The highest BCUT2D eigenvalue weighted by Gasteiger charge is 2.19. The molecule has 0 radical (unpaired) electrons. The number of hydrogen-bond acceptors (Lipinski definition) is 1. The number of halogens is 3. The molecular weight excluding hydrogens is 272 g/mol. The molecule has 0 aliphatic heterocycles. The summed E-state index contributed by atoms with van der Waals surface area (Å²) in [6.45, 7) is 1.70. The molecule has 2 rings (SSSR count). The fourth-order valence-electron chi connectivity index (χ4n) is 2.48. The van der Waals surface area contributed by atoms with Crippen LogP contribution < -0.4 is 5.32 Å². The molecule has 1 fully saturated rings. The maximum absolute atomic E-state index is 13.0. The summed E-state index contributed by atoms with van der Waals surface area (Å²) in [5, 5.41) is 3.93. The minimum Gasteiger partial charge on any atom is -0.312 e. The van der Waals surface area contributed by atoms with E-state index in [2.05, 4.69) is 5.32 Å². The van der Waals surface area contributed by atoms with Gasteiger partial charge in [-0.1, -0.05) is 24.1 Å². The molecule has 1 saturated carbocycles. The van der Waals surface area contributed by atoms with Crippen molar-refractivity contribution in [3.63, 3.8) is 0 Å². The van der Waals surface area contributed by atoms with Crippen molar-refractivity contribution in [3.8, 4) is 0 Å². The van der Waals surface area contributed by atoms with Crippen LogP contribution in [-0.2, 0) is 6.54 Å². The van der Waals surface area contributed by atoms with Crippen LogP contribution in [-0.4, -0.2) is 11.9 Å². The molecule has 0 bridgehead atoms. The summed E-state index contributed by atoms with van der Waals surface area (Å²) in [7, 11) is 0. The second-order valence-electron chi connectivity index (χ2n) is 5.01. The molecule has 1 N–H and O–H groups in total. The zero-order valence-corrected chi connectivity index (χ0v) is 11.8. The summed E-state index contributed by atoms with van der Waals surface area (Å²) < 4.78 is 13.0. The largest absolute Gasteiger partial charge is 0.312 e. The molecule has 0 amide bonds. The molecule has 0 aromatic heterocycles. The van der Waals surface area contributed by atoms with E-state index in [-0.39, 0.29) is 10.8 Å². The second kappa shape index (κ2) is 6.74. The first-order valence-corrected chi connectivity index (χ1v) is 7.25. The Kier molecular flexibility index (Phi) is 5.28. The van der Waals surface area contributed by atoms with Gasteiger partial charge in [-0.05, 0) is 49.4 Å². The molecule has 100 valence electrons. The summed E-state index contributed by atoms with van der Waals surface area (Å²) >= 11 is 11.9. The Balaban J connectivity index is 1.76. The van der Waals surface area contributed by atoms with E-state index in [4.69, 9.17) is 23.2 Å². The molecular formula is C14H18Cl2FN. The Morgan fingerprint density at radius 2 is 2.17 bits per heavy atom. The lowest BCUT2D eigenvalue weighted by molar-refractivity contribution is 0.346. The van der Waals surface area contributed by atoms with Gasteiger partial charge in [-0.2, -0.15) is 0 Å². The SMILES string of the molecule is Fc1ccc(CNCC2CCCC(Cl)C2)cc1Cl. The van der Waals surface area contributed by atoms with Crippen LogP contribution in [0, 0.1) is 11.7 Å². The van der Waals surface area contributed by atoms with E-state index in [1.807, 2.05) is 0 Å². The lowest BCUT2D eigenvalue weighted by Crippen LogP contribution is -2.27. The molecule has 2 atom stereocenters. The maximum atomic E-state index is 13.0. The predicted molar refractivity (Wildman–Crippen MR) is 74.7 cm³/mol. The molecule has 1 aromatic carbocycles. The Hall–Kier alpha value is -0.310. The predicted octanol–water partition coefficient (Wildman–Crippen LogP) is 4.37. The van der Waals surface area contributed by atoms with E-state index >= 15 is 0 Å². The molecule has 0 heterocycles. The third-order valence-electron chi connectivity index (χ3n) is 3.46. The van der Waals surface area contributed by atoms with Gasteiger partial charge in [0.05, 0.1) is 5.02 Å². The van der Waals surface area contributed by atoms with Gasteiger partial charge in [0.15, 0.2) is 0 Å². The van der Waals surface area contributed by atoms with Crippen molar-refractivity contribution in [2.75, 3.05) is 6.54 Å². The Bertz CT molecular complexity index is 397. The van der Waals surface area contributed by atoms with Gasteiger partial charge in [0.25, 0.3) is 0 Å². The fourth-order valence-corrected chi connectivity index (χ4v) is 3.09. The zero-order valence-electron chi connectivity index (χ0n) is 10.3. The normalized spacial score (nSPS) is 24.2. The van der Waals surface area contributed by atoms with Gasteiger partial charge in [0.1, 0.15) is 5.82 Å². The van der Waals surface area contributed by atoms with Crippen LogP contribution in [0.5, 0.6) is 0 Å². The van der Waals surface area contributed by atoms with Crippen LogP contribution in [0.3, 0.4) is 0 Å². The summed E-state index contributed by atoms with van der Waals surface area (Å²) in [6, 6.07) is 4.85. The fraction of sp³-hybridized carbons (Fsp3) is 0.571. The maximum Gasteiger partial charge on any atom is 0.141 e. The van der Waals surface area contributed by atoms with E-state index in [1.165, 1.54) is 18.9 Å². The van der Waals surface area contributed by atoms with Crippen molar-refractivity contribution in [1.29, 1.82) is 0 Å². The lowest BCUT2D eigenvalue weighted by Gasteiger charge is -2.25. The second-order valence-corrected chi connectivity index (χ2v) is 6.03. The molecule has 4 heteroatoms. The minimum atomic E-state index is -0.363. The van der Waals surface area contributed by atoms with Gasteiger partial charge in [-0.15, -0.1) is 11.6 Å². The van der Waals surface area contributed by atoms with Gasteiger partial charge < -0.3 is 5.32 Å². The van der Waals surface area contributed by atoms with E-state index < -0.39 is 0 Å². The highest BCUT2D eigenvalue weighted by molar-refractivity contribution is 6.30. The van der Waals surface area contributed by atoms with Crippen LogP contribution in [0.4, 0.5) is 4.39 Å². The number of rotatable bonds is 4. The highest BCUT2D eigenvalue weighted by Crippen LogP contribution is 2.27. The van der Waals surface area contributed by atoms with Crippen molar-refractivity contribution >= 4 is 23.2 Å². The summed E-state index contributed by atoms with van der Waals surface area (Å²) in [5.41, 5.74) is 1.01. The molecule has 18 heavy (non-hydrogen) atoms. The van der Waals surface area contributed by atoms with E-state index in [0.29, 0.717) is 11.3 Å². The number of hydrogen-bond donors (Lipinski definition) is 1. The first-order valence-electron chi connectivity index (χ1n) is 6.44. The first kappa shape index (κ1) is 14.1. The van der Waals surface area contributed by atoms with Crippen LogP contribution in [0.2, 0.25) is 5.02 Å². The summed E-state index contributed by atoms with van der Waals surface area (Å²) in [5.74, 6) is 0.301. The van der Waals surface area contributed by atoms with Crippen molar-refractivity contribution in [3.05, 3.63) is 34.6 Å². The van der Waals surface area contributed by atoms with E-state index in [1.54, 1.807) is 12.1 Å². The zero-order chi connectivity index (χ0) is 13.0. The van der Waals surface area contributed by atoms with Gasteiger partial charge in [-0.3, -0.25) is 0 Å². The van der Waals surface area contributed by atoms with Crippen molar-refractivity contribution in [1.82, 2.24) is 5.32 Å². The van der Waals surface area contributed by atoms with Crippen molar-refractivity contribution < 1.29 is 4.39 Å². The Labute approximate surface area is 118 Å². The Morgan fingerprint density at radius 3 is 2.89 bits per heavy atom. The topological polar surface area (TPSA) is 12.0 Å². The standard InChI is InChI=1S/C14H18Cl2FN/c15-12-3-1-2-10(6-12)8-18-9-11-4-5-14(17)13(16)7-11/h4-5,7,10,12,18H,1-3,6,8-9H2. The van der Waals surface area contributed by atoms with Crippen molar-refractivity contribution in [2.24, 2.45) is 5.92 Å². The number of nitrogens with one attached hydrogen (secondary N) is 1. The quantitative estimate of drug-likeness (QED) is 0.812. The van der Waals surface area contributed by atoms with E-state index in [9.17, 15) is 4.39 Å². The molecule has 1 aliphatic carbocycles. The van der Waals surface area contributed by atoms with Crippen LogP contribution >= 0.6 is 23.2 Å². The van der Waals surface area contributed by atoms with Crippen LogP contribution in [0.15, 0.2) is 18.2 Å².